The summed E-state index contributed by atoms with van der Waals surface area (Å²) in [6.07, 6.45) is 16.1. The second-order valence-electron chi connectivity index (χ2n) is 12.4. The largest absolute Gasteiger partial charge is 0.0654 e. The van der Waals surface area contributed by atoms with E-state index in [-0.39, 0.29) is 10.8 Å². The fourth-order valence-electron chi connectivity index (χ4n) is 7.23. The molecule has 0 heteroatoms. The fraction of sp³-hybridized carbons (Fsp3) is 0.282. The molecule has 196 valence electrons. The van der Waals surface area contributed by atoms with Gasteiger partial charge in [0.1, 0.15) is 0 Å². The molecule has 0 saturated heterocycles. The summed E-state index contributed by atoms with van der Waals surface area (Å²) < 4.78 is 0. The van der Waals surface area contributed by atoms with Crippen LogP contribution in [-0.2, 0) is 17.3 Å². The van der Waals surface area contributed by atoms with Gasteiger partial charge >= 0.3 is 0 Å². The average Bonchev–Trinajstić information content (AvgIpc) is 3.33. The van der Waals surface area contributed by atoms with Crippen LogP contribution < -0.4 is 0 Å². The molecule has 0 aromatic heterocycles. The van der Waals surface area contributed by atoms with Crippen LogP contribution in [0.4, 0.5) is 0 Å². The highest BCUT2D eigenvalue weighted by molar-refractivity contribution is 5.96. The Balaban J connectivity index is 1.31. The number of fused-ring (bicyclic) bond motifs is 6. The summed E-state index contributed by atoms with van der Waals surface area (Å²) in [5.74, 6) is 0. The standard InChI is InChI=1S/C39H40/c1-6-7-18-33-34-25-24-28-16-12-14-20-32(28)37(34)39(4,5)35(33)21-10-8-9-17-30-26-29-23-22-27-15-11-13-19-31(27)36(29)38(30,2)3/h8-17,19-25H,6-7,18,26H2,1-5H3/b9-8+,21-10+,30-17+. The van der Waals surface area contributed by atoms with Gasteiger partial charge in [0.15, 0.2) is 0 Å². The van der Waals surface area contributed by atoms with Gasteiger partial charge in [-0.25, -0.2) is 0 Å². The zero-order valence-corrected chi connectivity index (χ0v) is 24.1. The smallest absolute Gasteiger partial charge is 0.0161 e. The van der Waals surface area contributed by atoms with Crippen LogP contribution in [0.2, 0.25) is 0 Å². The van der Waals surface area contributed by atoms with Gasteiger partial charge in [-0.05, 0) is 74.2 Å². The van der Waals surface area contributed by atoms with Gasteiger partial charge < -0.3 is 0 Å². The molecule has 0 N–H and O–H groups in total. The Morgan fingerprint density at radius 3 is 2.08 bits per heavy atom. The van der Waals surface area contributed by atoms with Crippen LogP contribution in [0.3, 0.4) is 0 Å². The van der Waals surface area contributed by atoms with Crippen molar-refractivity contribution in [3.05, 3.63) is 137 Å². The maximum atomic E-state index is 2.41. The minimum Gasteiger partial charge on any atom is -0.0654 e. The molecule has 39 heavy (non-hydrogen) atoms. The molecule has 0 aliphatic heterocycles. The van der Waals surface area contributed by atoms with E-state index in [2.05, 4.69) is 138 Å². The van der Waals surface area contributed by atoms with Gasteiger partial charge in [-0.15, -0.1) is 0 Å². The highest BCUT2D eigenvalue weighted by Gasteiger charge is 2.37. The first-order valence-electron chi connectivity index (χ1n) is 14.7. The molecular formula is C39H40. The summed E-state index contributed by atoms with van der Waals surface area (Å²) in [4.78, 5) is 0. The molecule has 0 bridgehead atoms. The van der Waals surface area contributed by atoms with Crippen molar-refractivity contribution in [3.63, 3.8) is 0 Å². The first-order valence-corrected chi connectivity index (χ1v) is 14.7. The van der Waals surface area contributed by atoms with Gasteiger partial charge in [0.05, 0.1) is 0 Å². The van der Waals surface area contributed by atoms with Crippen LogP contribution in [0.5, 0.6) is 0 Å². The topological polar surface area (TPSA) is 0 Å². The molecule has 0 saturated carbocycles. The van der Waals surface area contributed by atoms with E-state index in [1.807, 2.05) is 0 Å². The number of unbranched alkanes of at least 4 members (excludes halogenated alkanes) is 1. The number of hydrogen-bond donors (Lipinski definition) is 0. The first-order chi connectivity index (χ1) is 18.8. The van der Waals surface area contributed by atoms with E-state index in [1.54, 1.807) is 0 Å². The summed E-state index contributed by atoms with van der Waals surface area (Å²) in [5, 5.41) is 5.47. The summed E-state index contributed by atoms with van der Waals surface area (Å²) >= 11 is 0. The van der Waals surface area contributed by atoms with E-state index < -0.39 is 0 Å². The van der Waals surface area contributed by atoms with Crippen LogP contribution in [-0.4, -0.2) is 0 Å². The molecule has 0 unspecified atom stereocenters. The minimum atomic E-state index is -0.0157. The Morgan fingerprint density at radius 1 is 0.692 bits per heavy atom. The molecule has 0 nitrogen and oxygen atoms in total. The third-order valence-corrected chi connectivity index (χ3v) is 9.26. The molecule has 2 aliphatic carbocycles. The van der Waals surface area contributed by atoms with Crippen LogP contribution in [0, 0.1) is 0 Å². The van der Waals surface area contributed by atoms with E-state index in [1.165, 1.54) is 73.4 Å². The van der Waals surface area contributed by atoms with Crippen molar-refractivity contribution < 1.29 is 0 Å². The van der Waals surface area contributed by atoms with Gasteiger partial charge in [-0.3, -0.25) is 0 Å². The Bertz CT molecular complexity index is 1700. The normalized spacial score (nSPS) is 18.7. The monoisotopic (exact) mass is 508 g/mol. The second-order valence-corrected chi connectivity index (χ2v) is 12.4. The lowest BCUT2D eigenvalue weighted by atomic mass is 9.79. The zero-order valence-electron chi connectivity index (χ0n) is 24.1. The third-order valence-electron chi connectivity index (χ3n) is 9.26. The van der Waals surface area contributed by atoms with E-state index in [0.29, 0.717) is 0 Å². The number of allylic oxidation sites excluding steroid dienone is 8. The molecular weight excluding hydrogens is 468 g/mol. The maximum absolute atomic E-state index is 2.41. The molecule has 0 heterocycles. The van der Waals surface area contributed by atoms with Crippen LogP contribution in [0.15, 0.2) is 114 Å². The summed E-state index contributed by atoms with van der Waals surface area (Å²) in [6.45, 7) is 11.9. The quantitative estimate of drug-likeness (QED) is 0.227. The SMILES string of the molecule is CCCCC1=C(/C=C/C=C/C=C2\Cc3ccc4ccccc4c3C2(C)C)C(C)(C)c2c1ccc1ccccc21. The molecule has 0 radical (unpaired) electrons. The van der Waals surface area contributed by atoms with Crippen molar-refractivity contribution in [2.45, 2.75) is 71.1 Å². The number of hydrogen-bond acceptors (Lipinski definition) is 0. The maximum Gasteiger partial charge on any atom is 0.0161 e. The Labute approximate surface area is 234 Å². The molecule has 2 aliphatic rings. The Hall–Kier alpha value is -3.64. The van der Waals surface area contributed by atoms with Crippen molar-refractivity contribution in [1.82, 2.24) is 0 Å². The van der Waals surface area contributed by atoms with E-state index in [4.69, 9.17) is 0 Å². The highest BCUT2D eigenvalue weighted by Crippen LogP contribution is 2.51. The van der Waals surface area contributed by atoms with Gasteiger partial charge in [-0.1, -0.05) is 150 Å². The first kappa shape index (κ1) is 25.6. The number of rotatable bonds is 6. The molecule has 0 atom stereocenters. The molecule has 4 aromatic carbocycles. The predicted molar refractivity (Wildman–Crippen MR) is 170 cm³/mol. The van der Waals surface area contributed by atoms with Crippen molar-refractivity contribution in [2.24, 2.45) is 0 Å². The molecule has 0 spiro atoms. The Kier molecular flexibility index (Phi) is 6.46. The van der Waals surface area contributed by atoms with Crippen LogP contribution in [0.25, 0.3) is 27.1 Å². The van der Waals surface area contributed by atoms with Crippen LogP contribution in [0.1, 0.15) is 76.1 Å². The van der Waals surface area contributed by atoms with Gasteiger partial charge in [-0.2, -0.15) is 0 Å². The van der Waals surface area contributed by atoms with Crippen molar-refractivity contribution >= 4 is 27.1 Å². The van der Waals surface area contributed by atoms with Crippen molar-refractivity contribution in [2.75, 3.05) is 0 Å². The third kappa shape index (κ3) is 4.22. The average molecular weight is 509 g/mol. The van der Waals surface area contributed by atoms with E-state index in [9.17, 15) is 0 Å². The lowest BCUT2D eigenvalue weighted by molar-refractivity contribution is 0.649. The summed E-state index contributed by atoms with van der Waals surface area (Å²) in [7, 11) is 0. The minimum absolute atomic E-state index is 0.0157. The lowest BCUT2D eigenvalue weighted by Crippen LogP contribution is -2.16. The van der Waals surface area contributed by atoms with Crippen LogP contribution >= 0.6 is 0 Å². The number of benzene rings is 4. The van der Waals surface area contributed by atoms with Gasteiger partial charge in [0, 0.05) is 10.8 Å². The fourth-order valence-corrected chi connectivity index (χ4v) is 7.23. The van der Waals surface area contributed by atoms with Gasteiger partial charge in [0.2, 0.25) is 0 Å². The lowest BCUT2D eigenvalue weighted by Gasteiger charge is -2.24. The van der Waals surface area contributed by atoms with E-state index in [0.717, 1.165) is 12.8 Å². The van der Waals surface area contributed by atoms with Crippen molar-refractivity contribution in [3.8, 4) is 0 Å². The second kappa shape index (κ2) is 9.83. The van der Waals surface area contributed by atoms with Crippen molar-refractivity contribution in [1.29, 1.82) is 0 Å². The molecule has 4 aromatic rings. The molecule has 0 amide bonds. The summed E-state index contributed by atoms with van der Waals surface area (Å²) in [5.41, 5.74) is 10.4. The molecule has 6 rings (SSSR count). The molecule has 0 fully saturated rings. The van der Waals surface area contributed by atoms with E-state index >= 15 is 0 Å². The summed E-state index contributed by atoms with van der Waals surface area (Å²) in [6, 6.07) is 27.0. The Morgan fingerprint density at radius 2 is 1.36 bits per heavy atom. The predicted octanol–water partition coefficient (Wildman–Crippen LogP) is 10.8. The zero-order chi connectivity index (χ0) is 27.2. The highest BCUT2D eigenvalue weighted by atomic mass is 14.4. The van der Waals surface area contributed by atoms with Gasteiger partial charge in [0.25, 0.3) is 0 Å².